The van der Waals surface area contributed by atoms with Crippen molar-refractivity contribution in [1.29, 1.82) is 0 Å². The van der Waals surface area contributed by atoms with Crippen molar-refractivity contribution in [3.63, 3.8) is 0 Å². The van der Waals surface area contributed by atoms with E-state index in [1.165, 1.54) is 9.88 Å². The van der Waals surface area contributed by atoms with Gasteiger partial charge in [0.15, 0.2) is 5.96 Å². The Morgan fingerprint density at radius 3 is 3.06 bits per heavy atom. The van der Waals surface area contributed by atoms with E-state index in [-0.39, 0.29) is 0 Å². The van der Waals surface area contributed by atoms with Crippen LogP contribution in [0, 0.1) is 6.92 Å². The molecule has 0 fully saturated rings. The Labute approximate surface area is 107 Å². The van der Waals surface area contributed by atoms with E-state index < -0.39 is 0 Å². The van der Waals surface area contributed by atoms with Crippen molar-refractivity contribution in [2.24, 2.45) is 4.99 Å². The molecule has 0 saturated heterocycles. The van der Waals surface area contributed by atoms with E-state index in [1.807, 2.05) is 6.20 Å². The molecule has 0 radical (unpaired) electrons. The first-order valence-electron chi connectivity index (χ1n) is 6.08. The summed E-state index contributed by atoms with van der Waals surface area (Å²) in [4.78, 5) is 12.4. The summed E-state index contributed by atoms with van der Waals surface area (Å²) in [7, 11) is 2.09. The number of thiazole rings is 1. The lowest BCUT2D eigenvalue weighted by Crippen LogP contribution is -2.43. The summed E-state index contributed by atoms with van der Waals surface area (Å²) in [5.41, 5.74) is 0. The molecule has 1 aromatic heterocycles. The average molecular weight is 252 g/mol. The minimum atomic E-state index is 0.437. The fourth-order valence-electron chi connectivity index (χ4n) is 1.84. The summed E-state index contributed by atoms with van der Waals surface area (Å²) in [5, 5.41) is 4.62. The number of nitrogens with one attached hydrogen (secondary N) is 1. The van der Waals surface area contributed by atoms with Crippen LogP contribution < -0.4 is 5.32 Å². The molecule has 1 unspecified atom stereocenters. The molecule has 1 N–H and O–H groups in total. The molecule has 0 aliphatic carbocycles. The highest BCUT2D eigenvalue weighted by molar-refractivity contribution is 7.11. The maximum atomic E-state index is 4.50. The second kappa shape index (κ2) is 5.49. The van der Waals surface area contributed by atoms with Crippen molar-refractivity contribution < 1.29 is 0 Å². The van der Waals surface area contributed by atoms with Crippen molar-refractivity contribution in [3.05, 3.63) is 16.1 Å². The van der Waals surface area contributed by atoms with Gasteiger partial charge in [0.2, 0.25) is 0 Å². The van der Waals surface area contributed by atoms with Gasteiger partial charge < -0.3 is 10.2 Å². The number of aliphatic imine (C=N–C) groups is 1. The van der Waals surface area contributed by atoms with E-state index in [1.54, 1.807) is 11.3 Å². The number of aromatic nitrogens is 1. The molecule has 0 amide bonds. The number of rotatable bonds is 3. The Morgan fingerprint density at radius 1 is 1.59 bits per heavy atom. The Balaban J connectivity index is 1.87. The first-order valence-corrected chi connectivity index (χ1v) is 6.90. The van der Waals surface area contributed by atoms with Crippen LogP contribution in [0.2, 0.25) is 0 Å². The van der Waals surface area contributed by atoms with Gasteiger partial charge in [-0.2, -0.15) is 0 Å². The molecule has 0 bridgehead atoms. The lowest BCUT2D eigenvalue weighted by Gasteiger charge is -2.26. The van der Waals surface area contributed by atoms with Gasteiger partial charge in [0, 0.05) is 43.7 Å². The van der Waals surface area contributed by atoms with Crippen molar-refractivity contribution in [1.82, 2.24) is 15.2 Å². The van der Waals surface area contributed by atoms with Gasteiger partial charge in [0.05, 0.1) is 5.01 Å². The van der Waals surface area contributed by atoms with Gasteiger partial charge in [-0.05, 0) is 13.3 Å². The zero-order chi connectivity index (χ0) is 12.3. The summed E-state index contributed by atoms with van der Waals surface area (Å²) in [6, 6.07) is 0. The number of aryl methyl sites for hydroxylation is 1. The Hall–Kier alpha value is -1.10. The highest BCUT2D eigenvalue weighted by Crippen LogP contribution is 2.20. The van der Waals surface area contributed by atoms with Crippen LogP contribution in [-0.4, -0.2) is 42.5 Å². The molecule has 1 atom stereocenters. The van der Waals surface area contributed by atoms with Gasteiger partial charge >= 0.3 is 0 Å². The zero-order valence-corrected chi connectivity index (χ0v) is 11.5. The van der Waals surface area contributed by atoms with E-state index in [0.29, 0.717) is 5.92 Å². The summed E-state index contributed by atoms with van der Waals surface area (Å²) in [6.07, 6.45) is 3.10. The van der Waals surface area contributed by atoms with Gasteiger partial charge in [-0.15, -0.1) is 11.3 Å². The van der Waals surface area contributed by atoms with Crippen molar-refractivity contribution >= 4 is 17.3 Å². The summed E-state index contributed by atoms with van der Waals surface area (Å²) in [6.45, 7) is 7.24. The van der Waals surface area contributed by atoms with Crippen molar-refractivity contribution in [2.45, 2.75) is 26.2 Å². The normalized spacial score (nSPS) is 17.8. The topological polar surface area (TPSA) is 40.5 Å². The number of guanidine groups is 1. The molecule has 0 spiro atoms. The second-order valence-electron chi connectivity index (χ2n) is 4.57. The van der Waals surface area contributed by atoms with E-state index >= 15 is 0 Å². The quantitative estimate of drug-likeness (QED) is 0.892. The predicted octanol–water partition coefficient (Wildman–Crippen LogP) is 1.84. The summed E-state index contributed by atoms with van der Waals surface area (Å²) >= 11 is 1.78. The maximum absolute atomic E-state index is 4.50. The minimum absolute atomic E-state index is 0.437. The number of hydrogen-bond acceptors (Lipinski definition) is 5. The van der Waals surface area contributed by atoms with Crippen LogP contribution >= 0.6 is 11.3 Å². The maximum Gasteiger partial charge on any atom is 0.193 e. The average Bonchev–Trinajstić information content (AvgIpc) is 2.74. The molecular formula is C12H20N4S. The van der Waals surface area contributed by atoms with E-state index in [4.69, 9.17) is 0 Å². The van der Waals surface area contributed by atoms with Crippen LogP contribution in [0.15, 0.2) is 11.2 Å². The number of nitrogens with zero attached hydrogens (tertiary/aromatic N) is 3. The fourth-order valence-corrected chi connectivity index (χ4v) is 2.67. The molecule has 0 saturated carbocycles. The van der Waals surface area contributed by atoms with Gasteiger partial charge in [-0.3, -0.25) is 4.99 Å². The fraction of sp³-hybridized carbons (Fsp3) is 0.667. The van der Waals surface area contributed by atoms with Crippen LogP contribution in [0.1, 0.15) is 29.1 Å². The molecule has 0 aromatic carbocycles. The third-order valence-electron chi connectivity index (χ3n) is 2.90. The highest BCUT2D eigenvalue weighted by Gasteiger charge is 2.14. The van der Waals surface area contributed by atoms with Crippen LogP contribution in [0.5, 0.6) is 0 Å². The van der Waals surface area contributed by atoms with Gasteiger partial charge in [-0.1, -0.05) is 6.92 Å². The largest absolute Gasteiger partial charge is 0.356 e. The Bertz CT molecular complexity index is 399. The molecule has 1 aromatic rings. The summed E-state index contributed by atoms with van der Waals surface area (Å²) < 4.78 is 0. The molecule has 1 aliphatic heterocycles. The zero-order valence-electron chi connectivity index (χ0n) is 10.7. The smallest absolute Gasteiger partial charge is 0.193 e. The monoisotopic (exact) mass is 252 g/mol. The lowest BCUT2D eigenvalue weighted by atomic mass is 10.2. The molecular weight excluding hydrogens is 232 g/mol. The van der Waals surface area contributed by atoms with Gasteiger partial charge in [-0.25, -0.2) is 4.98 Å². The van der Waals surface area contributed by atoms with Gasteiger partial charge in [0.25, 0.3) is 0 Å². The van der Waals surface area contributed by atoms with E-state index in [0.717, 1.165) is 32.0 Å². The van der Waals surface area contributed by atoms with Crippen molar-refractivity contribution in [2.75, 3.05) is 26.7 Å². The number of hydrogen-bond donors (Lipinski definition) is 1. The second-order valence-corrected chi connectivity index (χ2v) is 5.84. The third kappa shape index (κ3) is 3.19. The SMILES string of the molecule is Cc1cnc(C(C)CNC2=NCCCN2C)s1. The molecule has 2 rings (SSSR count). The Morgan fingerprint density at radius 2 is 2.41 bits per heavy atom. The highest BCUT2D eigenvalue weighted by atomic mass is 32.1. The van der Waals surface area contributed by atoms with E-state index in [2.05, 4.69) is 41.1 Å². The lowest BCUT2D eigenvalue weighted by molar-refractivity contribution is 0.444. The van der Waals surface area contributed by atoms with Crippen molar-refractivity contribution in [3.8, 4) is 0 Å². The first kappa shape index (κ1) is 12.4. The van der Waals surface area contributed by atoms with Crippen LogP contribution in [-0.2, 0) is 0 Å². The van der Waals surface area contributed by atoms with E-state index in [9.17, 15) is 0 Å². The van der Waals surface area contributed by atoms with Crippen LogP contribution in [0.4, 0.5) is 0 Å². The van der Waals surface area contributed by atoms with Crippen LogP contribution in [0.3, 0.4) is 0 Å². The molecule has 5 heteroatoms. The van der Waals surface area contributed by atoms with Gasteiger partial charge in [0.1, 0.15) is 0 Å². The molecule has 94 valence electrons. The summed E-state index contributed by atoms with van der Waals surface area (Å²) in [5.74, 6) is 1.46. The van der Waals surface area contributed by atoms with Crippen LogP contribution in [0.25, 0.3) is 0 Å². The molecule has 1 aliphatic rings. The molecule has 17 heavy (non-hydrogen) atoms. The Kier molecular flexibility index (Phi) is 3.99. The molecule has 4 nitrogen and oxygen atoms in total. The first-order chi connectivity index (χ1) is 8.16. The minimum Gasteiger partial charge on any atom is -0.356 e. The standard InChI is InChI=1S/C12H20N4S/c1-9(11-14-8-10(2)17-11)7-15-12-13-5-4-6-16(12)3/h8-9H,4-7H2,1-3H3,(H,13,15). The predicted molar refractivity (Wildman–Crippen MR) is 72.8 cm³/mol. The molecule has 2 heterocycles. The third-order valence-corrected chi connectivity index (χ3v) is 4.05.